The van der Waals surface area contributed by atoms with Crippen LogP contribution in [0.25, 0.3) is 43.9 Å². The topological polar surface area (TPSA) is 80.3 Å². The molecule has 0 amide bonds. The summed E-state index contributed by atoms with van der Waals surface area (Å²) in [4.78, 5) is 4.55. The van der Waals surface area contributed by atoms with Crippen LogP contribution in [0.2, 0.25) is 0 Å². The number of anilines is 6. The monoisotopic (exact) mass is 814 g/mol. The predicted molar refractivity (Wildman–Crippen MR) is 262 cm³/mol. The van der Waals surface area contributed by atoms with E-state index in [1.54, 1.807) is 0 Å². The molecule has 11 aromatic rings. The predicted octanol–water partition coefficient (Wildman–Crippen LogP) is 9.83. The fourth-order valence-electron chi connectivity index (χ4n) is 10.6. The van der Waals surface area contributed by atoms with Gasteiger partial charge in [0.15, 0.2) is 0 Å². The number of nitriles is 2. The number of fused-ring (bicyclic) bond motifs is 12. The highest BCUT2D eigenvalue weighted by Gasteiger charge is 2.42. The Labute approximate surface area is 369 Å². The Bertz CT molecular complexity index is 3560. The molecule has 9 aromatic carbocycles. The molecule has 294 valence electrons. The number of para-hydroxylation sites is 4. The summed E-state index contributed by atoms with van der Waals surface area (Å²) >= 11 is 0. The van der Waals surface area contributed by atoms with Gasteiger partial charge >= 0.3 is 0 Å². The van der Waals surface area contributed by atoms with Crippen LogP contribution in [-0.4, -0.2) is 13.4 Å². The van der Waals surface area contributed by atoms with Gasteiger partial charge in [0.2, 0.25) is 0 Å². The highest BCUT2D eigenvalue weighted by molar-refractivity contribution is 7.00. The summed E-state index contributed by atoms with van der Waals surface area (Å²) in [6.45, 7) is -0.343. The van der Waals surface area contributed by atoms with Crippen molar-refractivity contribution in [3.05, 3.63) is 205 Å². The fraction of sp³-hybridized carbons (Fsp3) is 0. The molecule has 0 spiro atoms. The van der Waals surface area contributed by atoms with E-state index in [0.717, 1.165) is 111 Å². The second-order valence-corrected chi connectivity index (χ2v) is 16.5. The third-order valence-corrected chi connectivity index (χ3v) is 13.3. The summed E-state index contributed by atoms with van der Waals surface area (Å²) in [7, 11) is 0. The van der Waals surface area contributed by atoms with E-state index in [-0.39, 0.29) is 24.6 Å². The third kappa shape index (κ3) is 5.08. The number of furan rings is 2. The SMILES string of the molecule is N#Cc1cc(N2c3ccccc3B(c3ccccc3)c3c2ccc2c3oc3ccccc32)c(N2c3ccccc3B(c3ccccc3)c3c2ccc2c3oc3ccccc32)cc1C#N. The first kappa shape index (κ1) is 36.0. The Morgan fingerprint density at radius 2 is 0.750 bits per heavy atom. The van der Waals surface area contributed by atoms with Crippen molar-refractivity contribution in [2.24, 2.45) is 0 Å². The largest absolute Gasteiger partial charge is 0.457 e. The number of benzene rings is 9. The summed E-state index contributed by atoms with van der Waals surface area (Å²) < 4.78 is 13.8. The average molecular weight is 815 g/mol. The maximum absolute atomic E-state index is 10.8. The summed E-state index contributed by atoms with van der Waals surface area (Å²) in [5.74, 6) is 0. The molecule has 0 N–H and O–H groups in total. The third-order valence-electron chi connectivity index (χ3n) is 13.3. The first-order valence-corrected chi connectivity index (χ1v) is 21.4. The van der Waals surface area contributed by atoms with E-state index in [1.807, 2.05) is 36.4 Å². The normalized spacial score (nSPS) is 12.8. The fourth-order valence-corrected chi connectivity index (χ4v) is 10.6. The number of hydrogen-bond donors (Lipinski definition) is 0. The molecule has 8 heteroatoms. The minimum absolute atomic E-state index is 0.172. The Kier molecular flexibility index (Phi) is 7.82. The van der Waals surface area contributed by atoms with Crippen molar-refractivity contribution in [2.45, 2.75) is 0 Å². The van der Waals surface area contributed by atoms with Crippen molar-refractivity contribution in [2.75, 3.05) is 9.80 Å². The summed E-state index contributed by atoms with van der Waals surface area (Å²) in [5, 5.41) is 25.7. The van der Waals surface area contributed by atoms with Gasteiger partial charge in [0, 0.05) is 44.3 Å². The maximum atomic E-state index is 10.8. The van der Waals surface area contributed by atoms with Gasteiger partial charge in [-0.15, -0.1) is 0 Å². The van der Waals surface area contributed by atoms with Gasteiger partial charge in [-0.25, -0.2) is 0 Å². The molecule has 64 heavy (non-hydrogen) atoms. The number of nitrogens with zero attached hydrogens (tertiary/aromatic N) is 4. The van der Waals surface area contributed by atoms with Crippen LogP contribution < -0.4 is 42.6 Å². The molecule has 0 unspecified atom stereocenters. The molecule has 2 aliphatic rings. The van der Waals surface area contributed by atoms with E-state index in [0.29, 0.717) is 0 Å². The molecule has 0 bridgehead atoms. The second kappa shape index (κ2) is 13.9. The Morgan fingerprint density at radius 3 is 1.19 bits per heavy atom. The van der Waals surface area contributed by atoms with Crippen LogP contribution in [0.15, 0.2) is 203 Å². The highest BCUT2D eigenvalue weighted by Crippen LogP contribution is 2.49. The maximum Gasteiger partial charge on any atom is 0.251 e. The van der Waals surface area contributed by atoms with E-state index in [2.05, 4.69) is 180 Å². The molecule has 2 aliphatic heterocycles. The van der Waals surface area contributed by atoms with Crippen LogP contribution in [0.5, 0.6) is 0 Å². The quantitative estimate of drug-likeness (QED) is 0.165. The smallest absolute Gasteiger partial charge is 0.251 e. The molecule has 0 radical (unpaired) electrons. The van der Waals surface area contributed by atoms with E-state index < -0.39 is 0 Å². The molecule has 0 aliphatic carbocycles. The van der Waals surface area contributed by atoms with Crippen molar-refractivity contribution < 1.29 is 8.83 Å². The van der Waals surface area contributed by atoms with Gasteiger partial charge in [0.1, 0.15) is 34.5 Å². The summed E-state index contributed by atoms with van der Waals surface area (Å²) in [6.07, 6.45) is 0. The molecule has 0 fully saturated rings. The molecular formula is C56H32B2N4O2. The molecule has 4 heterocycles. The van der Waals surface area contributed by atoms with Gasteiger partial charge in [-0.1, -0.05) is 144 Å². The first-order chi connectivity index (χ1) is 31.7. The van der Waals surface area contributed by atoms with Crippen LogP contribution in [0.3, 0.4) is 0 Å². The molecule has 13 rings (SSSR count). The van der Waals surface area contributed by atoms with E-state index in [9.17, 15) is 10.5 Å². The lowest BCUT2D eigenvalue weighted by Crippen LogP contribution is -2.58. The van der Waals surface area contributed by atoms with Crippen LogP contribution in [0.4, 0.5) is 34.1 Å². The van der Waals surface area contributed by atoms with Crippen molar-refractivity contribution >= 4 is 124 Å². The first-order valence-electron chi connectivity index (χ1n) is 21.4. The molecule has 0 saturated carbocycles. The van der Waals surface area contributed by atoms with Gasteiger partial charge < -0.3 is 18.6 Å². The minimum atomic E-state index is -0.172. The van der Waals surface area contributed by atoms with Crippen molar-refractivity contribution in [1.29, 1.82) is 10.5 Å². The van der Waals surface area contributed by atoms with E-state index >= 15 is 0 Å². The van der Waals surface area contributed by atoms with E-state index in [4.69, 9.17) is 8.83 Å². The Hall–Kier alpha value is -8.71. The molecule has 0 saturated heterocycles. The van der Waals surface area contributed by atoms with Gasteiger partial charge in [-0.05, 0) is 82.5 Å². The number of hydrogen-bond acceptors (Lipinski definition) is 6. The average Bonchev–Trinajstić information content (AvgIpc) is 3.94. The van der Waals surface area contributed by atoms with Crippen LogP contribution in [-0.2, 0) is 0 Å². The Balaban J connectivity index is 1.15. The molecule has 6 nitrogen and oxygen atoms in total. The lowest BCUT2D eigenvalue weighted by Gasteiger charge is -2.41. The van der Waals surface area contributed by atoms with Crippen molar-refractivity contribution in [3.63, 3.8) is 0 Å². The Morgan fingerprint density at radius 1 is 0.359 bits per heavy atom. The van der Waals surface area contributed by atoms with Gasteiger partial charge in [-0.3, -0.25) is 0 Å². The highest BCUT2D eigenvalue weighted by atomic mass is 16.3. The van der Waals surface area contributed by atoms with Crippen molar-refractivity contribution in [1.82, 2.24) is 0 Å². The van der Waals surface area contributed by atoms with Gasteiger partial charge in [-0.2, -0.15) is 10.5 Å². The van der Waals surface area contributed by atoms with Crippen LogP contribution in [0, 0.1) is 22.7 Å². The summed E-state index contributed by atoms with van der Waals surface area (Å²) in [6, 6.07) is 71.9. The zero-order valence-corrected chi connectivity index (χ0v) is 34.2. The lowest BCUT2D eigenvalue weighted by molar-refractivity contribution is 0.671. The van der Waals surface area contributed by atoms with Gasteiger partial charge in [0.25, 0.3) is 13.4 Å². The van der Waals surface area contributed by atoms with E-state index in [1.165, 1.54) is 0 Å². The summed E-state index contributed by atoms with van der Waals surface area (Å²) in [5.41, 5.74) is 15.6. The van der Waals surface area contributed by atoms with Crippen molar-refractivity contribution in [3.8, 4) is 12.1 Å². The van der Waals surface area contributed by atoms with Gasteiger partial charge in [0.05, 0.1) is 22.5 Å². The minimum Gasteiger partial charge on any atom is -0.457 e. The second-order valence-electron chi connectivity index (χ2n) is 16.5. The van der Waals surface area contributed by atoms with Crippen LogP contribution >= 0.6 is 0 Å². The molecular weight excluding hydrogens is 782 g/mol. The zero-order chi connectivity index (χ0) is 42.5. The van der Waals surface area contributed by atoms with Crippen LogP contribution in [0.1, 0.15) is 11.1 Å². The standard InChI is InChI=1S/C56H32B2N4O2/c59-33-35-31-49(61-45-23-11-9-21-43(45)57(37-15-3-1-4-16-37)53-47(61)29-27-41-39-19-7-13-25-51(39)63-55(41)53)50(32-36(35)34-60)62-46-24-12-10-22-44(46)58(38-17-5-2-6-18-38)54-48(62)30-28-42-40-20-8-14-26-52(40)64-56(42)54/h1-32H. The lowest BCUT2D eigenvalue weighted by atomic mass is 9.35. The molecule has 0 atom stereocenters. The number of rotatable bonds is 4. The zero-order valence-electron chi connectivity index (χ0n) is 34.2. The molecule has 2 aromatic heterocycles.